The highest BCUT2D eigenvalue weighted by Gasteiger charge is 2.20. The molecule has 0 aliphatic heterocycles. The molecule has 0 aliphatic carbocycles. The number of hydrogen-bond acceptors (Lipinski definition) is 6. The third-order valence-electron chi connectivity index (χ3n) is 1.47. The van der Waals surface area contributed by atoms with Gasteiger partial charge in [-0.25, -0.2) is 0 Å². The lowest BCUT2D eigenvalue weighted by Gasteiger charge is -2.20. The summed E-state index contributed by atoms with van der Waals surface area (Å²) in [6.07, 6.45) is 0. The van der Waals surface area contributed by atoms with Crippen LogP contribution in [0.4, 0.5) is 0 Å². The van der Waals surface area contributed by atoms with Crippen LogP contribution < -0.4 is 17.2 Å². The van der Waals surface area contributed by atoms with E-state index in [1.165, 1.54) is 0 Å². The molecule has 6 nitrogen and oxygen atoms in total. The summed E-state index contributed by atoms with van der Waals surface area (Å²) in [5, 5.41) is 25.0. The van der Waals surface area contributed by atoms with Crippen LogP contribution in [0, 0.1) is 0 Å². The van der Waals surface area contributed by atoms with Crippen LogP contribution in [0.2, 0.25) is 0 Å². The zero-order valence-corrected chi connectivity index (χ0v) is 8.90. The Morgan fingerprint density at radius 1 is 0.929 bits per heavy atom. The highest BCUT2D eigenvalue weighted by atomic mass is 16.3. The van der Waals surface area contributed by atoms with Gasteiger partial charge >= 0.3 is 0 Å². The van der Waals surface area contributed by atoms with Crippen LogP contribution in [0.3, 0.4) is 0 Å². The summed E-state index contributed by atoms with van der Waals surface area (Å²) >= 11 is 0. The molecule has 0 bridgehead atoms. The summed E-state index contributed by atoms with van der Waals surface area (Å²) in [5.41, 5.74) is 14.3. The minimum atomic E-state index is -1.21. The third kappa shape index (κ3) is 9.85. The molecule has 0 aromatic heterocycles. The van der Waals surface area contributed by atoms with Crippen molar-refractivity contribution in [1.82, 2.24) is 0 Å². The lowest BCUT2D eigenvalue weighted by molar-refractivity contribution is 0.0698. The second-order valence-electron chi connectivity index (χ2n) is 4.03. The molecule has 88 valence electrons. The second kappa shape index (κ2) is 7.10. The molecule has 0 aromatic rings. The van der Waals surface area contributed by atoms with Crippen LogP contribution in [0.25, 0.3) is 0 Å². The first kappa shape index (κ1) is 16.2. The van der Waals surface area contributed by atoms with Gasteiger partial charge in [-0.2, -0.15) is 0 Å². The standard InChI is InChI=1S/C4H12N2.C4H11NO3/c1-4(2,6)3-5;5-4(1-6,2-7)3-8/h3,5-6H2,1-2H3;6-8H,1-3,5H2. The summed E-state index contributed by atoms with van der Waals surface area (Å²) in [6, 6.07) is 0. The first-order valence-corrected chi connectivity index (χ1v) is 4.35. The zero-order valence-electron chi connectivity index (χ0n) is 8.90. The van der Waals surface area contributed by atoms with Crippen LogP contribution in [0.1, 0.15) is 13.8 Å². The summed E-state index contributed by atoms with van der Waals surface area (Å²) in [5.74, 6) is 0. The Kier molecular flexibility index (Phi) is 8.22. The van der Waals surface area contributed by atoms with Crippen molar-refractivity contribution in [2.24, 2.45) is 17.2 Å². The molecule has 9 N–H and O–H groups in total. The molecular formula is C8H23N3O3. The fraction of sp³-hybridized carbons (Fsp3) is 1.00. The quantitative estimate of drug-likeness (QED) is 0.299. The summed E-state index contributed by atoms with van der Waals surface area (Å²) in [4.78, 5) is 0. The maximum Gasteiger partial charge on any atom is 0.0856 e. The zero-order chi connectivity index (χ0) is 11.8. The van der Waals surface area contributed by atoms with Gasteiger partial charge < -0.3 is 32.5 Å². The van der Waals surface area contributed by atoms with Crippen LogP contribution >= 0.6 is 0 Å². The molecule has 6 heteroatoms. The molecule has 0 aliphatic rings. The summed E-state index contributed by atoms with van der Waals surface area (Å²) in [6.45, 7) is 3.13. The SMILES string of the molecule is CC(C)(N)CN.NC(CO)(CO)CO. The van der Waals surface area contributed by atoms with E-state index in [9.17, 15) is 0 Å². The summed E-state index contributed by atoms with van der Waals surface area (Å²) < 4.78 is 0. The predicted molar refractivity (Wildman–Crippen MR) is 55.5 cm³/mol. The lowest BCUT2D eigenvalue weighted by atomic mass is 10.1. The molecule has 0 heterocycles. The minimum absolute atomic E-state index is 0.181. The van der Waals surface area contributed by atoms with Crippen molar-refractivity contribution in [3.05, 3.63) is 0 Å². The van der Waals surface area contributed by atoms with E-state index in [0.717, 1.165) is 0 Å². The number of nitrogens with two attached hydrogens (primary N) is 3. The van der Waals surface area contributed by atoms with Gasteiger partial charge in [-0.15, -0.1) is 0 Å². The van der Waals surface area contributed by atoms with Crippen molar-refractivity contribution in [2.75, 3.05) is 26.4 Å². The van der Waals surface area contributed by atoms with Gasteiger partial charge in [0.1, 0.15) is 0 Å². The van der Waals surface area contributed by atoms with Crippen molar-refractivity contribution < 1.29 is 15.3 Å². The molecule has 0 aromatic carbocycles. The normalized spacial score (nSPS) is 12.0. The van der Waals surface area contributed by atoms with E-state index in [-0.39, 0.29) is 5.54 Å². The van der Waals surface area contributed by atoms with Gasteiger partial charge in [-0.3, -0.25) is 0 Å². The Balaban J connectivity index is 0. The van der Waals surface area contributed by atoms with E-state index in [2.05, 4.69) is 0 Å². The van der Waals surface area contributed by atoms with E-state index >= 15 is 0 Å². The molecule has 0 spiro atoms. The molecule has 0 amide bonds. The van der Waals surface area contributed by atoms with E-state index in [1.54, 1.807) is 0 Å². The topological polar surface area (TPSA) is 139 Å². The van der Waals surface area contributed by atoms with Crippen molar-refractivity contribution >= 4 is 0 Å². The summed E-state index contributed by atoms with van der Waals surface area (Å²) in [7, 11) is 0. The number of aliphatic hydroxyl groups excluding tert-OH is 3. The van der Waals surface area contributed by atoms with Crippen molar-refractivity contribution in [1.29, 1.82) is 0 Å². The Morgan fingerprint density at radius 3 is 1.14 bits per heavy atom. The van der Waals surface area contributed by atoms with Crippen molar-refractivity contribution in [3.8, 4) is 0 Å². The van der Waals surface area contributed by atoms with Gasteiger partial charge in [0.2, 0.25) is 0 Å². The molecule has 0 fully saturated rings. The Morgan fingerprint density at radius 2 is 1.14 bits per heavy atom. The van der Waals surface area contributed by atoms with Crippen molar-refractivity contribution in [2.45, 2.75) is 24.9 Å². The van der Waals surface area contributed by atoms with E-state index < -0.39 is 25.4 Å². The number of aliphatic hydroxyl groups is 3. The van der Waals surface area contributed by atoms with Gasteiger partial charge in [0.25, 0.3) is 0 Å². The van der Waals surface area contributed by atoms with Gasteiger partial charge in [0.15, 0.2) is 0 Å². The highest BCUT2D eigenvalue weighted by Crippen LogP contribution is 1.93. The van der Waals surface area contributed by atoms with Gasteiger partial charge in [-0.1, -0.05) is 0 Å². The average molecular weight is 209 g/mol. The number of rotatable bonds is 4. The second-order valence-corrected chi connectivity index (χ2v) is 4.03. The maximum atomic E-state index is 8.34. The Bertz CT molecular complexity index is 124. The average Bonchev–Trinajstić information content (AvgIpc) is 2.16. The molecule has 0 saturated carbocycles. The highest BCUT2D eigenvalue weighted by molar-refractivity contribution is 4.80. The molecular weight excluding hydrogens is 186 g/mol. The fourth-order valence-corrected chi connectivity index (χ4v) is 0.150. The van der Waals surface area contributed by atoms with Gasteiger partial charge in [0, 0.05) is 12.1 Å². The smallest absolute Gasteiger partial charge is 0.0856 e. The molecule has 0 unspecified atom stereocenters. The van der Waals surface area contributed by atoms with E-state index in [4.69, 9.17) is 32.5 Å². The lowest BCUT2D eigenvalue weighted by Crippen LogP contribution is -2.50. The largest absolute Gasteiger partial charge is 0.394 e. The van der Waals surface area contributed by atoms with E-state index in [1.807, 2.05) is 13.8 Å². The molecule has 0 saturated heterocycles. The monoisotopic (exact) mass is 209 g/mol. The minimum Gasteiger partial charge on any atom is -0.394 e. The maximum absolute atomic E-state index is 8.34. The van der Waals surface area contributed by atoms with Gasteiger partial charge in [0.05, 0.1) is 25.4 Å². The molecule has 0 radical (unpaired) electrons. The van der Waals surface area contributed by atoms with Crippen LogP contribution in [0.15, 0.2) is 0 Å². The number of hydrogen-bond donors (Lipinski definition) is 6. The fourth-order valence-electron chi connectivity index (χ4n) is 0.150. The van der Waals surface area contributed by atoms with Gasteiger partial charge in [-0.05, 0) is 13.8 Å². The first-order chi connectivity index (χ1) is 6.24. The molecule has 0 atom stereocenters. The van der Waals surface area contributed by atoms with E-state index in [0.29, 0.717) is 6.54 Å². The Labute approximate surface area is 84.7 Å². The Hall–Kier alpha value is -0.240. The molecule has 0 rings (SSSR count). The third-order valence-corrected chi connectivity index (χ3v) is 1.47. The van der Waals surface area contributed by atoms with Crippen LogP contribution in [0.5, 0.6) is 0 Å². The first-order valence-electron chi connectivity index (χ1n) is 4.35. The molecule has 14 heavy (non-hydrogen) atoms. The van der Waals surface area contributed by atoms with Crippen molar-refractivity contribution in [3.63, 3.8) is 0 Å². The predicted octanol–water partition coefficient (Wildman–Crippen LogP) is -2.66. The van der Waals surface area contributed by atoms with Crippen LogP contribution in [-0.2, 0) is 0 Å². The van der Waals surface area contributed by atoms with Crippen LogP contribution in [-0.4, -0.2) is 52.8 Å².